The van der Waals surface area contributed by atoms with Crippen LogP contribution in [0.5, 0.6) is 5.75 Å². The lowest BCUT2D eigenvalue weighted by Crippen LogP contribution is -2.32. The van der Waals surface area contributed by atoms with E-state index in [1.807, 2.05) is 0 Å². The van der Waals surface area contributed by atoms with Crippen molar-refractivity contribution in [2.45, 2.75) is 17.6 Å². The molecule has 25 heavy (non-hydrogen) atoms. The van der Waals surface area contributed by atoms with E-state index in [0.29, 0.717) is 9.25 Å². The second-order valence-electron chi connectivity index (χ2n) is 4.93. The first kappa shape index (κ1) is 19.0. The maximum Gasteiger partial charge on any atom is 0.451 e. The van der Waals surface area contributed by atoms with E-state index in [4.69, 9.17) is 4.74 Å². The number of sulfonamides is 1. The van der Waals surface area contributed by atoms with Crippen molar-refractivity contribution in [3.8, 4) is 5.75 Å². The van der Waals surface area contributed by atoms with Gasteiger partial charge in [0, 0.05) is 13.6 Å². The van der Waals surface area contributed by atoms with E-state index in [-0.39, 0.29) is 23.7 Å². The van der Waals surface area contributed by atoms with Crippen LogP contribution in [-0.4, -0.2) is 36.4 Å². The number of hydrogen-bond donors (Lipinski definition) is 1. The molecular formula is C13H15F3N4O4S. The van der Waals surface area contributed by atoms with Crippen LogP contribution in [0.1, 0.15) is 5.82 Å². The van der Waals surface area contributed by atoms with Crippen LogP contribution in [0.3, 0.4) is 0 Å². The average Bonchev–Trinajstić information content (AvgIpc) is 2.83. The Hall–Kier alpha value is -2.34. The summed E-state index contributed by atoms with van der Waals surface area (Å²) in [6, 6.07) is 5.85. The van der Waals surface area contributed by atoms with Gasteiger partial charge in [-0.25, -0.2) is 22.6 Å². The van der Waals surface area contributed by atoms with Gasteiger partial charge < -0.3 is 4.74 Å². The normalized spacial score (nSPS) is 12.4. The van der Waals surface area contributed by atoms with E-state index >= 15 is 0 Å². The van der Waals surface area contributed by atoms with Gasteiger partial charge in [0.25, 0.3) is 0 Å². The van der Waals surface area contributed by atoms with E-state index in [0.717, 1.165) is 7.05 Å². The van der Waals surface area contributed by atoms with Crippen LogP contribution in [0.4, 0.5) is 13.2 Å². The summed E-state index contributed by atoms with van der Waals surface area (Å²) < 4.78 is 70.6. The Kier molecular flexibility index (Phi) is 5.23. The predicted molar refractivity (Wildman–Crippen MR) is 80.7 cm³/mol. The number of benzene rings is 1. The maximum atomic E-state index is 12.7. The van der Waals surface area contributed by atoms with Crippen molar-refractivity contribution in [1.29, 1.82) is 0 Å². The molecule has 0 radical (unpaired) electrons. The Balaban J connectivity index is 2.15. The number of halogens is 3. The highest BCUT2D eigenvalue weighted by molar-refractivity contribution is 7.89. The predicted octanol–water partition coefficient (Wildman–Crippen LogP) is 0.588. The molecule has 0 saturated carbocycles. The molecule has 138 valence electrons. The fourth-order valence-corrected chi connectivity index (χ4v) is 3.27. The van der Waals surface area contributed by atoms with Gasteiger partial charge in [0.15, 0.2) is 0 Å². The van der Waals surface area contributed by atoms with Gasteiger partial charge in [-0.05, 0) is 12.1 Å². The molecule has 12 heteroatoms. The van der Waals surface area contributed by atoms with Crippen molar-refractivity contribution in [2.24, 2.45) is 7.05 Å². The number of aromatic nitrogens is 3. The smallest absolute Gasteiger partial charge is 0.451 e. The fourth-order valence-electron chi connectivity index (χ4n) is 2.08. The van der Waals surface area contributed by atoms with Crippen molar-refractivity contribution in [3.05, 3.63) is 40.6 Å². The van der Waals surface area contributed by atoms with E-state index in [1.165, 1.54) is 25.3 Å². The van der Waals surface area contributed by atoms with E-state index < -0.39 is 27.7 Å². The minimum absolute atomic E-state index is 0.115. The molecule has 0 fully saturated rings. The first-order valence-corrected chi connectivity index (χ1v) is 8.40. The van der Waals surface area contributed by atoms with E-state index in [9.17, 15) is 26.4 Å². The Morgan fingerprint density at radius 3 is 2.48 bits per heavy atom. The molecule has 1 aromatic heterocycles. The Labute approximate surface area is 140 Å². The largest absolute Gasteiger partial charge is 0.495 e. The van der Waals surface area contributed by atoms with Crippen molar-refractivity contribution in [3.63, 3.8) is 0 Å². The van der Waals surface area contributed by atoms with Crippen molar-refractivity contribution < 1.29 is 26.3 Å². The third-order valence-corrected chi connectivity index (χ3v) is 4.77. The summed E-state index contributed by atoms with van der Waals surface area (Å²) in [5.74, 6) is -1.24. The van der Waals surface area contributed by atoms with Crippen LogP contribution in [-0.2, 0) is 29.8 Å². The average molecular weight is 380 g/mol. The number of ether oxygens (including phenoxy) is 1. The second kappa shape index (κ2) is 6.88. The zero-order valence-corrected chi connectivity index (χ0v) is 14.1. The van der Waals surface area contributed by atoms with Gasteiger partial charge in [-0.2, -0.15) is 13.2 Å². The number of nitrogens with one attached hydrogen (secondary N) is 1. The molecule has 1 aromatic carbocycles. The monoisotopic (exact) mass is 380 g/mol. The summed E-state index contributed by atoms with van der Waals surface area (Å²) in [6.45, 7) is -0.689. The molecule has 0 aliphatic heterocycles. The van der Waals surface area contributed by atoms with Gasteiger partial charge in [0.2, 0.25) is 15.8 Å². The third-order valence-electron chi connectivity index (χ3n) is 3.27. The van der Waals surface area contributed by atoms with Crippen LogP contribution < -0.4 is 15.1 Å². The molecular weight excluding hydrogens is 365 g/mol. The van der Waals surface area contributed by atoms with Gasteiger partial charge in [-0.3, -0.25) is 4.57 Å². The molecule has 0 bridgehead atoms. The molecule has 0 amide bonds. The third kappa shape index (κ3) is 4.02. The molecule has 0 aliphatic carbocycles. The number of para-hydroxylation sites is 1. The van der Waals surface area contributed by atoms with Gasteiger partial charge in [-0.1, -0.05) is 12.1 Å². The lowest BCUT2D eigenvalue weighted by atomic mass is 10.3. The van der Waals surface area contributed by atoms with Crippen LogP contribution in [0.25, 0.3) is 0 Å². The highest BCUT2D eigenvalue weighted by Gasteiger charge is 2.38. The van der Waals surface area contributed by atoms with Crippen molar-refractivity contribution in [2.75, 3.05) is 13.7 Å². The molecule has 0 aliphatic rings. The lowest BCUT2D eigenvalue weighted by Gasteiger charge is -2.10. The highest BCUT2D eigenvalue weighted by Crippen LogP contribution is 2.26. The molecule has 0 unspecified atom stereocenters. The minimum Gasteiger partial charge on any atom is -0.495 e. The molecule has 2 aromatic rings. The number of hydrogen-bond acceptors (Lipinski definition) is 5. The Bertz CT molecular complexity index is 918. The van der Waals surface area contributed by atoms with Crippen LogP contribution in [0, 0.1) is 0 Å². The number of rotatable bonds is 6. The number of methoxy groups -OCH3 is 1. The van der Waals surface area contributed by atoms with Gasteiger partial charge in [0.05, 0.1) is 13.7 Å². The van der Waals surface area contributed by atoms with Gasteiger partial charge >= 0.3 is 11.9 Å². The molecule has 0 atom stereocenters. The molecule has 1 N–H and O–H groups in total. The van der Waals surface area contributed by atoms with Crippen LogP contribution in [0.15, 0.2) is 34.0 Å². The standard InChI is InChI=1S/C13H15F3N4O4S/c1-19-11(13(14,15)16)18-20(12(19)21)8-7-17-25(22,23)10-6-4-3-5-9(10)24-2/h3-6,17H,7-8H2,1-2H3. The second-order valence-corrected chi connectivity index (χ2v) is 6.67. The van der Waals surface area contributed by atoms with Gasteiger partial charge in [-0.15, -0.1) is 5.10 Å². The SMILES string of the molecule is COc1ccccc1S(=O)(=O)NCCn1nc(C(F)(F)F)n(C)c1=O. The highest BCUT2D eigenvalue weighted by atomic mass is 32.2. The zero-order chi connectivity index (χ0) is 18.8. The minimum atomic E-state index is -4.78. The Morgan fingerprint density at radius 2 is 1.92 bits per heavy atom. The number of alkyl halides is 3. The molecule has 1 heterocycles. The Morgan fingerprint density at radius 1 is 1.28 bits per heavy atom. The molecule has 0 saturated heterocycles. The summed E-state index contributed by atoms with van der Waals surface area (Å²) in [6.07, 6.45) is -4.78. The zero-order valence-electron chi connectivity index (χ0n) is 13.2. The topological polar surface area (TPSA) is 95.2 Å². The quantitative estimate of drug-likeness (QED) is 0.791. The fraction of sp³-hybridized carbons (Fsp3) is 0.385. The van der Waals surface area contributed by atoms with E-state index in [2.05, 4.69) is 9.82 Å². The lowest BCUT2D eigenvalue weighted by molar-refractivity contribution is -0.147. The summed E-state index contributed by atoms with van der Waals surface area (Å²) in [4.78, 5) is 11.6. The van der Waals surface area contributed by atoms with Crippen LogP contribution >= 0.6 is 0 Å². The molecule has 0 spiro atoms. The first-order valence-electron chi connectivity index (χ1n) is 6.91. The first-order chi connectivity index (χ1) is 11.6. The number of nitrogens with zero attached hydrogens (tertiary/aromatic N) is 3. The summed E-state index contributed by atoms with van der Waals surface area (Å²) in [5, 5.41) is 3.19. The van der Waals surface area contributed by atoms with Crippen LogP contribution in [0.2, 0.25) is 0 Å². The summed E-state index contributed by atoms with van der Waals surface area (Å²) >= 11 is 0. The van der Waals surface area contributed by atoms with Crippen molar-refractivity contribution in [1.82, 2.24) is 19.1 Å². The maximum absolute atomic E-state index is 12.7. The molecule has 8 nitrogen and oxygen atoms in total. The van der Waals surface area contributed by atoms with E-state index in [1.54, 1.807) is 6.07 Å². The van der Waals surface area contributed by atoms with Gasteiger partial charge in [0.1, 0.15) is 10.6 Å². The summed E-state index contributed by atoms with van der Waals surface area (Å²) in [5.41, 5.74) is -0.996. The molecule has 2 rings (SSSR count). The summed E-state index contributed by atoms with van der Waals surface area (Å²) in [7, 11) is -1.72. The van der Waals surface area contributed by atoms with Crippen molar-refractivity contribution >= 4 is 10.0 Å².